The molecular weight excluding hydrogens is 400 g/mol. The number of anilines is 1. The Hall–Kier alpha value is -2.08. The molecule has 164 valence electrons. The van der Waals surface area contributed by atoms with Gasteiger partial charge in [-0.3, -0.25) is 4.79 Å². The lowest BCUT2D eigenvalue weighted by Gasteiger charge is -2.28. The maximum Gasteiger partial charge on any atom is 0.224 e. The normalized spacial score (nSPS) is 16.9. The molecule has 0 radical (unpaired) electrons. The van der Waals surface area contributed by atoms with Gasteiger partial charge in [-0.1, -0.05) is 37.3 Å². The molecule has 1 fully saturated rings. The third-order valence-corrected chi connectivity index (χ3v) is 5.37. The predicted molar refractivity (Wildman–Crippen MR) is 123 cm³/mol. The molecule has 0 saturated carbocycles. The van der Waals surface area contributed by atoms with Crippen LogP contribution in [0.5, 0.6) is 5.75 Å². The summed E-state index contributed by atoms with van der Waals surface area (Å²) in [6.45, 7) is 5.82. The Bertz CT molecular complexity index is 751. The van der Waals surface area contributed by atoms with Crippen molar-refractivity contribution >= 4 is 24.0 Å². The number of carbonyl (C=O) groups excluding carboxylic acids is 1. The van der Waals surface area contributed by atoms with Gasteiger partial charge in [-0.25, -0.2) is 0 Å². The number of carbonyl (C=O) groups is 1. The van der Waals surface area contributed by atoms with E-state index in [0.29, 0.717) is 38.1 Å². The molecule has 6 heteroatoms. The van der Waals surface area contributed by atoms with Crippen molar-refractivity contribution in [1.82, 2.24) is 5.32 Å². The zero-order valence-corrected chi connectivity index (χ0v) is 18.5. The van der Waals surface area contributed by atoms with E-state index in [9.17, 15) is 4.79 Å². The van der Waals surface area contributed by atoms with Gasteiger partial charge in [-0.15, -0.1) is 12.4 Å². The molecule has 0 aliphatic carbocycles. The predicted octanol–water partition coefficient (Wildman–Crippen LogP) is 4.67. The fraction of sp³-hybridized carbons (Fsp3) is 0.458. The van der Waals surface area contributed by atoms with Gasteiger partial charge >= 0.3 is 0 Å². The second-order valence-corrected chi connectivity index (χ2v) is 7.75. The Morgan fingerprint density at radius 2 is 2.00 bits per heavy atom. The van der Waals surface area contributed by atoms with E-state index in [1.165, 1.54) is 12.8 Å². The molecule has 2 aromatic carbocycles. The van der Waals surface area contributed by atoms with E-state index in [-0.39, 0.29) is 18.3 Å². The smallest absolute Gasteiger partial charge is 0.224 e. The Labute approximate surface area is 186 Å². The maximum absolute atomic E-state index is 12.4. The highest BCUT2D eigenvalue weighted by Gasteiger charge is 2.22. The molecule has 1 aliphatic heterocycles. The number of halogens is 1. The molecule has 1 aliphatic rings. The molecule has 0 spiro atoms. The molecule has 2 N–H and O–H groups in total. The molecule has 3 rings (SSSR count). The van der Waals surface area contributed by atoms with Crippen LogP contribution in [-0.4, -0.2) is 32.2 Å². The lowest BCUT2D eigenvalue weighted by molar-refractivity contribution is -0.117. The second-order valence-electron chi connectivity index (χ2n) is 7.75. The summed E-state index contributed by atoms with van der Waals surface area (Å²) in [6, 6.07) is 17.6. The molecule has 2 aromatic rings. The van der Waals surface area contributed by atoms with Crippen LogP contribution in [-0.2, 0) is 16.1 Å². The van der Waals surface area contributed by atoms with Gasteiger partial charge < -0.3 is 20.1 Å². The van der Waals surface area contributed by atoms with E-state index < -0.39 is 0 Å². The van der Waals surface area contributed by atoms with Crippen molar-refractivity contribution < 1.29 is 14.3 Å². The number of piperidine rings is 1. The first-order chi connectivity index (χ1) is 14.2. The summed E-state index contributed by atoms with van der Waals surface area (Å²) in [5.74, 6) is 1.91. The minimum atomic E-state index is 0. The van der Waals surface area contributed by atoms with Crippen LogP contribution in [0.1, 0.15) is 31.7 Å². The van der Waals surface area contributed by atoms with Crippen LogP contribution in [0.3, 0.4) is 0 Å². The molecular formula is C24H33ClN2O3. The molecule has 1 saturated heterocycles. The van der Waals surface area contributed by atoms with Crippen LogP contribution in [0.15, 0.2) is 54.6 Å². The number of amides is 1. The van der Waals surface area contributed by atoms with Crippen LogP contribution in [0.2, 0.25) is 0 Å². The first-order valence-corrected chi connectivity index (χ1v) is 10.6. The first kappa shape index (κ1) is 24.2. The fourth-order valence-electron chi connectivity index (χ4n) is 3.70. The summed E-state index contributed by atoms with van der Waals surface area (Å²) in [7, 11) is 0. The van der Waals surface area contributed by atoms with Gasteiger partial charge in [-0.05, 0) is 67.6 Å². The van der Waals surface area contributed by atoms with Crippen LogP contribution in [0.25, 0.3) is 0 Å². The quantitative estimate of drug-likeness (QED) is 0.535. The molecule has 1 amide bonds. The molecule has 2 atom stereocenters. The highest BCUT2D eigenvalue weighted by atomic mass is 35.5. The van der Waals surface area contributed by atoms with Gasteiger partial charge in [0.25, 0.3) is 0 Å². The van der Waals surface area contributed by atoms with E-state index in [4.69, 9.17) is 9.47 Å². The van der Waals surface area contributed by atoms with Gasteiger partial charge in [0, 0.05) is 12.1 Å². The van der Waals surface area contributed by atoms with Crippen molar-refractivity contribution in [3.63, 3.8) is 0 Å². The molecule has 2 unspecified atom stereocenters. The average Bonchev–Trinajstić information content (AvgIpc) is 2.75. The van der Waals surface area contributed by atoms with E-state index in [1.807, 2.05) is 54.6 Å². The number of hydrogen-bond donors (Lipinski definition) is 2. The highest BCUT2D eigenvalue weighted by Crippen LogP contribution is 2.23. The van der Waals surface area contributed by atoms with E-state index in [1.54, 1.807) is 0 Å². The van der Waals surface area contributed by atoms with Crippen molar-refractivity contribution in [2.45, 2.75) is 32.8 Å². The Kier molecular flexibility index (Phi) is 10.7. The fourth-order valence-corrected chi connectivity index (χ4v) is 3.70. The maximum atomic E-state index is 12.4. The lowest BCUT2D eigenvalue weighted by atomic mass is 9.85. The van der Waals surface area contributed by atoms with Gasteiger partial charge in [-0.2, -0.15) is 0 Å². The third-order valence-electron chi connectivity index (χ3n) is 5.37. The van der Waals surface area contributed by atoms with Crippen molar-refractivity contribution in [2.24, 2.45) is 11.8 Å². The molecule has 5 nitrogen and oxygen atoms in total. The van der Waals surface area contributed by atoms with Gasteiger partial charge in [0.2, 0.25) is 5.91 Å². The van der Waals surface area contributed by atoms with Crippen LogP contribution in [0.4, 0.5) is 5.69 Å². The van der Waals surface area contributed by atoms with Crippen LogP contribution >= 0.6 is 12.4 Å². The minimum absolute atomic E-state index is 0. The Balaban J connectivity index is 0.00000320. The minimum Gasteiger partial charge on any atom is -0.491 e. The number of nitrogens with one attached hydrogen (secondary N) is 2. The molecule has 1 heterocycles. The summed E-state index contributed by atoms with van der Waals surface area (Å²) in [6.07, 6.45) is 2.97. The molecule has 0 aromatic heterocycles. The zero-order chi connectivity index (χ0) is 20.3. The van der Waals surface area contributed by atoms with Crippen molar-refractivity contribution in [2.75, 3.05) is 31.6 Å². The monoisotopic (exact) mass is 432 g/mol. The Morgan fingerprint density at radius 3 is 2.77 bits per heavy atom. The lowest BCUT2D eigenvalue weighted by Crippen LogP contribution is -2.34. The van der Waals surface area contributed by atoms with Crippen molar-refractivity contribution in [3.05, 3.63) is 60.2 Å². The van der Waals surface area contributed by atoms with Crippen LogP contribution < -0.4 is 15.4 Å². The van der Waals surface area contributed by atoms with E-state index >= 15 is 0 Å². The summed E-state index contributed by atoms with van der Waals surface area (Å²) in [4.78, 5) is 12.4. The summed E-state index contributed by atoms with van der Waals surface area (Å²) >= 11 is 0. The topological polar surface area (TPSA) is 59.6 Å². The zero-order valence-electron chi connectivity index (χ0n) is 17.6. The SMILES string of the molecule is CC(CC(=O)Nc1cccc(COCCOc2ccccc2)c1)C1CCCNC1.Cl. The standard InChI is InChI=1S/C24H32N2O3.ClH/c1-19(21-8-6-12-25-17-21)15-24(27)26-22-9-5-7-20(16-22)18-28-13-14-29-23-10-3-2-4-11-23;/h2-5,7,9-11,16,19,21,25H,6,8,12-15,17-18H2,1H3,(H,26,27);1H. The Morgan fingerprint density at radius 1 is 1.17 bits per heavy atom. The number of para-hydroxylation sites is 1. The van der Waals surface area contributed by atoms with Gasteiger partial charge in [0.1, 0.15) is 12.4 Å². The van der Waals surface area contributed by atoms with Crippen molar-refractivity contribution in [3.8, 4) is 5.75 Å². The van der Waals surface area contributed by atoms with E-state index in [2.05, 4.69) is 17.6 Å². The van der Waals surface area contributed by atoms with Gasteiger partial charge in [0.15, 0.2) is 0 Å². The van der Waals surface area contributed by atoms with E-state index in [0.717, 1.165) is 30.1 Å². The summed E-state index contributed by atoms with van der Waals surface area (Å²) < 4.78 is 11.3. The third kappa shape index (κ3) is 8.34. The van der Waals surface area contributed by atoms with Crippen LogP contribution in [0, 0.1) is 11.8 Å². The number of ether oxygens (including phenoxy) is 2. The molecule has 30 heavy (non-hydrogen) atoms. The highest BCUT2D eigenvalue weighted by molar-refractivity contribution is 5.90. The summed E-state index contributed by atoms with van der Waals surface area (Å²) in [5, 5.41) is 6.47. The molecule has 0 bridgehead atoms. The summed E-state index contributed by atoms with van der Waals surface area (Å²) in [5.41, 5.74) is 1.86. The average molecular weight is 433 g/mol. The number of rotatable bonds is 10. The first-order valence-electron chi connectivity index (χ1n) is 10.6. The van der Waals surface area contributed by atoms with Crippen molar-refractivity contribution in [1.29, 1.82) is 0 Å². The largest absolute Gasteiger partial charge is 0.491 e. The second kappa shape index (κ2) is 13.3. The number of hydrogen-bond acceptors (Lipinski definition) is 4. The van der Waals surface area contributed by atoms with Gasteiger partial charge in [0.05, 0.1) is 13.2 Å². The number of benzene rings is 2.